The van der Waals surface area contributed by atoms with Crippen molar-refractivity contribution in [1.82, 2.24) is 0 Å². The zero-order valence-corrected chi connectivity index (χ0v) is 15.4. The van der Waals surface area contributed by atoms with Gasteiger partial charge in [-0.25, -0.2) is 0 Å². The molecule has 2 rings (SSSR count). The van der Waals surface area contributed by atoms with E-state index in [0.29, 0.717) is 0 Å². The van der Waals surface area contributed by atoms with E-state index < -0.39 is 23.9 Å². The van der Waals surface area contributed by atoms with E-state index in [1.54, 1.807) is 13.8 Å². The Balaban J connectivity index is 2.44. The van der Waals surface area contributed by atoms with Crippen LogP contribution in [0.1, 0.15) is 31.0 Å². The smallest absolute Gasteiger partial charge is 0.322 e. The summed E-state index contributed by atoms with van der Waals surface area (Å²) in [6.07, 6.45) is 0. The highest BCUT2D eigenvalue weighted by atomic mass is 16.6. The molecule has 2 aromatic rings. The van der Waals surface area contributed by atoms with Crippen molar-refractivity contribution in [2.24, 2.45) is 5.92 Å². The molecule has 0 heterocycles. The van der Waals surface area contributed by atoms with Crippen LogP contribution in [0, 0.1) is 12.8 Å². The first kappa shape index (κ1) is 19.5. The standard InChI is InChI=1S/C21H25NO4/c1-4-25-20(23)18(21(24)26-5-2)19(16-11-7-6-8-12-16)22-17-13-9-10-15(3)14-17/h6-14,18-19,22H,4-5H2,1-3H3. The van der Waals surface area contributed by atoms with E-state index in [4.69, 9.17) is 9.47 Å². The molecule has 2 aromatic carbocycles. The fourth-order valence-corrected chi connectivity index (χ4v) is 2.77. The minimum atomic E-state index is -1.10. The van der Waals surface area contributed by atoms with Crippen molar-refractivity contribution in [2.45, 2.75) is 26.8 Å². The number of anilines is 1. The molecule has 0 radical (unpaired) electrons. The van der Waals surface area contributed by atoms with Gasteiger partial charge in [0.05, 0.1) is 19.3 Å². The molecule has 5 nitrogen and oxygen atoms in total. The van der Waals surface area contributed by atoms with Gasteiger partial charge in [0.25, 0.3) is 0 Å². The zero-order valence-electron chi connectivity index (χ0n) is 15.4. The van der Waals surface area contributed by atoms with Crippen LogP contribution < -0.4 is 5.32 Å². The van der Waals surface area contributed by atoms with Crippen LogP contribution in [0.2, 0.25) is 0 Å². The minimum Gasteiger partial charge on any atom is -0.465 e. The Morgan fingerprint density at radius 3 is 2.08 bits per heavy atom. The summed E-state index contributed by atoms with van der Waals surface area (Å²) in [4.78, 5) is 25.1. The molecule has 0 amide bonds. The molecule has 1 atom stereocenters. The number of hydrogen-bond acceptors (Lipinski definition) is 5. The van der Waals surface area contributed by atoms with Crippen molar-refractivity contribution in [2.75, 3.05) is 18.5 Å². The maximum Gasteiger partial charge on any atom is 0.322 e. The number of ether oxygens (including phenoxy) is 2. The average molecular weight is 355 g/mol. The van der Waals surface area contributed by atoms with Crippen molar-refractivity contribution >= 4 is 17.6 Å². The second-order valence-electron chi connectivity index (χ2n) is 5.88. The Kier molecular flexibility index (Phi) is 7.21. The van der Waals surface area contributed by atoms with Crippen LogP contribution in [-0.2, 0) is 19.1 Å². The summed E-state index contributed by atoms with van der Waals surface area (Å²) in [5.41, 5.74) is 2.70. The predicted molar refractivity (Wildman–Crippen MR) is 101 cm³/mol. The Morgan fingerprint density at radius 1 is 0.923 bits per heavy atom. The van der Waals surface area contributed by atoms with Gasteiger partial charge in [0.15, 0.2) is 5.92 Å². The lowest BCUT2D eigenvalue weighted by molar-refractivity contribution is -0.162. The van der Waals surface area contributed by atoms with E-state index in [0.717, 1.165) is 16.8 Å². The number of benzene rings is 2. The molecule has 0 bridgehead atoms. The van der Waals surface area contributed by atoms with Gasteiger partial charge in [-0.3, -0.25) is 9.59 Å². The molecule has 0 fully saturated rings. The highest BCUT2D eigenvalue weighted by Crippen LogP contribution is 2.29. The Hall–Kier alpha value is -2.82. The van der Waals surface area contributed by atoms with Gasteiger partial charge in [-0.15, -0.1) is 0 Å². The van der Waals surface area contributed by atoms with Crippen LogP contribution in [0.4, 0.5) is 5.69 Å². The molecule has 1 unspecified atom stereocenters. The maximum atomic E-state index is 12.6. The van der Waals surface area contributed by atoms with E-state index >= 15 is 0 Å². The summed E-state index contributed by atoms with van der Waals surface area (Å²) in [5.74, 6) is -2.29. The quantitative estimate of drug-likeness (QED) is 0.575. The first-order chi connectivity index (χ1) is 12.6. The molecule has 0 aliphatic heterocycles. The van der Waals surface area contributed by atoms with Gasteiger partial charge < -0.3 is 14.8 Å². The molecule has 0 aliphatic rings. The molecule has 0 aromatic heterocycles. The van der Waals surface area contributed by atoms with Gasteiger partial charge in [-0.1, -0.05) is 42.5 Å². The van der Waals surface area contributed by atoms with E-state index in [2.05, 4.69) is 5.32 Å². The van der Waals surface area contributed by atoms with E-state index in [9.17, 15) is 9.59 Å². The molecule has 138 valence electrons. The van der Waals surface area contributed by atoms with Crippen LogP contribution in [0.15, 0.2) is 54.6 Å². The molecule has 1 N–H and O–H groups in total. The molecular weight excluding hydrogens is 330 g/mol. The number of esters is 2. The van der Waals surface area contributed by atoms with Crippen LogP contribution in [0.5, 0.6) is 0 Å². The summed E-state index contributed by atoms with van der Waals surface area (Å²) >= 11 is 0. The maximum absolute atomic E-state index is 12.6. The SMILES string of the molecule is CCOC(=O)C(C(=O)OCC)C(Nc1cccc(C)c1)c1ccccc1. The highest BCUT2D eigenvalue weighted by Gasteiger charge is 2.38. The lowest BCUT2D eigenvalue weighted by atomic mass is 9.92. The van der Waals surface area contributed by atoms with Crippen LogP contribution in [0.25, 0.3) is 0 Å². The summed E-state index contributed by atoms with van der Waals surface area (Å²) in [7, 11) is 0. The molecule has 0 spiro atoms. The molecular formula is C21H25NO4. The van der Waals surface area contributed by atoms with E-state index in [1.807, 2.05) is 61.5 Å². The predicted octanol–water partition coefficient (Wildman–Crippen LogP) is 3.89. The lowest BCUT2D eigenvalue weighted by Gasteiger charge is -2.26. The van der Waals surface area contributed by atoms with Gasteiger partial charge in [0.1, 0.15) is 0 Å². The fourth-order valence-electron chi connectivity index (χ4n) is 2.77. The molecule has 0 aliphatic carbocycles. The number of nitrogens with one attached hydrogen (secondary N) is 1. The number of carbonyl (C=O) groups is 2. The zero-order chi connectivity index (χ0) is 18.9. The topological polar surface area (TPSA) is 64.6 Å². The first-order valence-electron chi connectivity index (χ1n) is 8.78. The fraction of sp³-hybridized carbons (Fsp3) is 0.333. The van der Waals surface area contributed by atoms with Gasteiger partial charge in [-0.05, 0) is 44.0 Å². The average Bonchev–Trinajstić information content (AvgIpc) is 2.62. The Bertz CT molecular complexity index is 712. The third-order valence-corrected chi connectivity index (χ3v) is 3.91. The van der Waals surface area contributed by atoms with Gasteiger partial charge >= 0.3 is 11.9 Å². The number of aryl methyl sites for hydroxylation is 1. The van der Waals surface area contributed by atoms with Gasteiger partial charge in [0, 0.05) is 5.69 Å². The van der Waals surface area contributed by atoms with Crippen molar-refractivity contribution < 1.29 is 19.1 Å². The van der Waals surface area contributed by atoms with Gasteiger partial charge in [0.2, 0.25) is 0 Å². The first-order valence-corrected chi connectivity index (χ1v) is 8.78. The van der Waals surface area contributed by atoms with Crippen molar-refractivity contribution in [1.29, 1.82) is 0 Å². The Morgan fingerprint density at radius 2 is 1.54 bits per heavy atom. The number of carbonyl (C=O) groups excluding carboxylic acids is 2. The summed E-state index contributed by atoms with van der Waals surface area (Å²) in [5, 5.41) is 3.31. The molecule has 0 saturated carbocycles. The van der Waals surface area contributed by atoms with Crippen LogP contribution >= 0.6 is 0 Å². The third kappa shape index (κ3) is 5.09. The summed E-state index contributed by atoms with van der Waals surface area (Å²) in [6.45, 7) is 5.80. The third-order valence-electron chi connectivity index (χ3n) is 3.91. The number of rotatable bonds is 8. The Labute approximate surface area is 154 Å². The highest BCUT2D eigenvalue weighted by molar-refractivity contribution is 5.96. The van der Waals surface area contributed by atoms with E-state index in [1.165, 1.54) is 0 Å². The molecule has 0 saturated heterocycles. The minimum absolute atomic E-state index is 0.195. The van der Waals surface area contributed by atoms with Crippen LogP contribution in [0.3, 0.4) is 0 Å². The van der Waals surface area contributed by atoms with Crippen molar-refractivity contribution in [3.05, 3.63) is 65.7 Å². The second kappa shape index (κ2) is 9.61. The lowest BCUT2D eigenvalue weighted by Crippen LogP contribution is -2.36. The van der Waals surface area contributed by atoms with Crippen LogP contribution in [-0.4, -0.2) is 25.2 Å². The largest absolute Gasteiger partial charge is 0.465 e. The normalized spacial score (nSPS) is 11.7. The van der Waals surface area contributed by atoms with Gasteiger partial charge in [-0.2, -0.15) is 0 Å². The molecule has 26 heavy (non-hydrogen) atoms. The monoisotopic (exact) mass is 355 g/mol. The summed E-state index contributed by atoms with van der Waals surface area (Å²) < 4.78 is 10.3. The molecule has 5 heteroatoms. The van der Waals surface area contributed by atoms with Crippen molar-refractivity contribution in [3.63, 3.8) is 0 Å². The van der Waals surface area contributed by atoms with Crippen molar-refractivity contribution in [3.8, 4) is 0 Å². The number of hydrogen-bond donors (Lipinski definition) is 1. The summed E-state index contributed by atoms with van der Waals surface area (Å²) in [6, 6.07) is 16.5. The second-order valence-corrected chi connectivity index (χ2v) is 5.88. The van der Waals surface area contributed by atoms with E-state index in [-0.39, 0.29) is 13.2 Å².